The van der Waals surface area contributed by atoms with Gasteiger partial charge in [0.15, 0.2) is 0 Å². The number of primary sulfonamides is 1. The highest BCUT2D eigenvalue weighted by Crippen LogP contribution is 2.18. The maximum absolute atomic E-state index is 12.7. The Bertz CT molecular complexity index is 1630. The molecule has 14 heteroatoms. The Labute approximate surface area is 232 Å². The van der Waals surface area contributed by atoms with E-state index >= 15 is 0 Å². The lowest BCUT2D eigenvalue weighted by Crippen LogP contribution is -2.38. The molecule has 0 aliphatic carbocycles. The van der Waals surface area contributed by atoms with Crippen molar-refractivity contribution in [3.63, 3.8) is 0 Å². The van der Waals surface area contributed by atoms with Crippen molar-refractivity contribution in [1.82, 2.24) is 9.62 Å². The van der Waals surface area contributed by atoms with Gasteiger partial charge in [-0.05, 0) is 54.1 Å². The van der Waals surface area contributed by atoms with Crippen molar-refractivity contribution in [2.75, 3.05) is 23.7 Å². The summed E-state index contributed by atoms with van der Waals surface area (Å²) in [6.45, 7) is 0.915. The summed E-state index contributed by atoms with van der Waals surface area (Å²) in [6, 6.07) is 17.4. The predicted octanol–water partition coefficient (Wildman–Crippen LogP) is 2.45. The van der Waals surface area contributed by atoms with Gasteiger partial charge in [-0.15, -0.1) is 0 Å². The molecule has 1 heterocycles. The topological polar surface area (TPSA) is 192 Å². The third kappa shape index (κ3) is 7.51. The number of anilines is 2. The number of nitrogens with zero attached hydrogens (tertiary/aromatic N) is 1. The number of amides is 2. The van der Waals surface area contributed by atoms with Gasteiger partial charge in [0, 0.05) is 49.4 Å². The molecule has 1 fully saturated rings. The van der Waals surface area contributed by atoms with Gasteiger partial charge in [0.1, 0.15) is 11.6 Å². The van der Waals surface area contributed by atoms with E-state index in [1.807, 2.05) is 4.90 Å². The summed E-state index contributed by atoms with van der Waals surface area (Å²) in [7, 11) is -7.72. The number of nitrogens with two attached hydrogens (primary N) is 1. The number of piperidine rings is 1. The minimum atomic E-state index is -3.88. The van der Waals surface area contributed by atoms with E-state index in [-0.39, 0.29) is 28.0 Å². The lowest BCUT2D eigenvalue weighted by Gasteiger charge is -2.28. The van der Waals surface area contributed by atoms with Crippen LogP contribution in [0.15, 0.2) is 82.6 Å². The second-order valence-electron chi connectivity index (χ2n) is 9.07. The van der Waals surface area contributed by atoms with E-state index in [0.717, 1.165) is 0 Å². The van der Waals surface area contributed by atoms with Gasteiger partial charge < -0.3 is 15.5 Å². The zero-order chi connectivity index (χ0) is 28.9. The number of carbonyl (C=O) groups excluding carboxylic acids is 2. The van der Waals surface area contributed by atoms with Gasteiger partial charge in [0.05, 0.1) is 9.79 Å². The summed E-state index contributed by atoms with van der Waals surface area (Å²) in [5, 5.41) is 18.8. The lowest BCUT2D eigenvalue weighted by molar-refractivity contribution is -0.120. The molecule has 1 saturated heterocycles. The Morgan fingerprint density at radius 1 is 0.850 bits per heavy atom. The molecule has 40 heavy (non-hydrogen) atoms. The van der Waals surface area contributed by atoms with Crippen LogP contribution in [0.5, 0.6) is 0 Å². The highest BCUT2D eigenvalue weighted by Gasteiger charge is 2.20. The quantitative estimate of drug-likeness (QED) is 0.198. The number of urea groups is 1. The number of ketones is 1. The number of rotatable bonds is 8. The van der Waals surface area contributed by atoms with Crippen LogP contribution in [-0.2, 0) is 31.4 Å². The molecule has 3 aromatic rings. The fourth-order valence-electron chi connectivity index (χ4n) is 3.98. The zero-order valence-corrected chi connectivity index (χ0v) is 22.9. The first-order chi connectivity index (χ1) is 18.9. The molecule has 210 valence electrons. The number of nitrogens with one attached hydrogen (secondary N) is 4. The minimum Gasteiger partial charge on any atom is -0.356 e. The fraction of sp³-hybridized carbons (Fsp3) is 0.192. The second kappa shape index (κ2) is 12.0. The first kappa shape index (κ1) is 28.9. The molecule has 0 radical (unpaired) electrons. The molecule has 4 rings (SSSR count). The Morgan fingerprint density at radius 2 is 1.45 bits per heavy atom. The van der Waals surface area contributed by atoms with E-state index in [0.29, 0.717) is 48.4 Å². The van der Waals surface area contributed by atoms with Crippen LogP contribution >= 0.6 is 0 Å². The summed E-state index contributed by atoms with van der Waals surface area (Å²) in [5.41, 5.74) is 1.97. The zero-order valence-electron chi connectivity index (χ0n) is 21.3. The maximum atomic E-state index is 12.7. The third-order valence-corrected chi connectivity index (χ3v) is 8.52. The van der Waals surface area contributed by atoms with Crippen LogP contribution in [-0.4, -0.2) is 52.5 Å². The van der Waals surface area contributed by atoms with Crippen molar-refractivity contribution in [1.29, 1.82) is 5.41 Å². The summed E-state index contributed by atoms with van der Waals surface area (Å²) >= 11 is 0. The molecule has 0 unspecified atom stereocenters. The highest BCUT2D eigenvalue weighted by atomic mass is 32.2. The second-order valence-corrected chi connectivity index (χ2v) is 12.4. The van der Waals surface area contributed by atoms with Gasteiger partial charge in [0.25, 0.3) is 0 Å². The molecule has 0 atom stereocenters. The van der Waals surface area contributed by atoms with Crippen LogP contribution in [0.3, 0.4) is 0 Å². The Balaban J connectivity index is 1.32. The smallest absolute Gasteiger partial charge is 0.323 e. The molecule has 1 aliphatic rings. The molecule has 6 N–H and O–H groups in total. The lowest BCUT2D eigenvalue weighted by atomic mass is 10.1. The molecule has 0 saturated carbocycles. The number of hydrogen-bond donors (Lipinski definition) is 5. The molecule has 0 aromatic heterocycles. The molecule has 0 spiro atoms. The van der Waals surface area contributed by atoms with Crippen molar-refractivity contribution >= 4 is 49.1 Å². The van der Waals surface area contributed by atoms with Crippen LogP contribution in [0.4, 0.5) is 16.2 Å². The SMILES string of the molecule is N=C(c1cccc(NC(=O)Nc2ccc(S(=O)(=O)NCc3ccc(S(N)(=O)=O)cc3)cc2)c1)N1CCC(=O)CC1. The Kier molecular flexibility index (Phi) is 8.64. The van der Waals surface area contributed by atoms with Gasteiger partial charge in [-0.1, -0.05) is 24.3 Å². The molecule has 12 nitrogen and oxygen atoms in total. The monoisotopic (exact) mass is 584 g/mol. The molecule has 2 amide bonds. The van der Waals surface area contributed by atoms with Crippen LogP contribution < -0.4 is 20.5 Å². The number of likely N-dealkylation sites (tertiary alicyclic amines) is 1. The van der Waals surface area contributed by atoms with E-state index < -0.39 is 26.1 Å². The molecule has 3 aromatic carbocycles. The molecule has 0 bridgehead atoms. The minimum absolute atomic E-state index is 0.0229. The number of benzene rings is 3. The van der Waals surface area contributed by atoms with Crippen LogP contribution in [0.1, 0.15) is 24.0 Å². The van der Waals surface area contributed by atoms with Crippen molar-refractivity contribution in [2.45, 2.75) is 29.2 Å². The van der Waals surface area contributed by atoms with Crippen LogP contribution in [0.25, 0.3) is 0 Å². The van der Waals surface area contributed by atoms with Crippen LogP contribution in [0.2, 0.25) is 0 Å². The Hall–Kier alpha value is -4.11. The average Bonchev–Trinajstić information content (AvgIpc) is 2.92. The fourth-order valence-corrected chi connectivity index (χ4v) is 5.51. The summed E-state index contributed by atoms with van der Waals surface area (Å²) in [5.74, 6) is 0.468. The first-order valence-electron chi connectivity index (χ1n) is 12.2. The molecule has 1 aliphatic heterocycles. The number of amidine groups is 1. The van der Waals surface area contributed by atoms with E-state index in [4.69, 9.17) is 10.5 Å². The first-order valence-corrected chi connectivity index (χ1v) is 15.2. The van der Waals surface area contributed by atoms with E-state index in [9.17, 15) is 26.4 Å². The summed E-state index contributed by atoms with van der Waals surface area (Å²) in [6.07, 6.45) is 0.826. The standard InChI is InChI=1S/C26H28N6O6S2/c27-25(32-14-12-22(33)13-15-32)19-2-1-3-21(16-19)31-26(34)30-20-6-10-24(11-7-20)40(37,38)29-17-18-4-8-23(9-5-18)39(28,35)36/h1-11,16,27,29H,12-15,17H2,(H2,28,35,36)(H2,30,31,34). The van der Waals surface area contributed by atoms with Crippen molar-refractivity contribution < 1.29 is 26.4 Å². The van der Waals surface area contributed by atoms with E-state index in [2.05, 4.69) is 15.4 Å². The van der Waals surface area contributed by atoms with Crippen LogP contribution in [0, 0.1) is 5.41 Å². The number of sulfonamides is 2. The van der Waals surface area contributed by atoms with Gasteiger partial charge in [-0.2, -0.15) is 0 Å². The maximum Gasteiger partial charge on any atom is 0.323 e. The van der Waals surface area contributed by atoms with Gasteiger partial charge in [-0.25, -0.2) is 31.5 Å². The summed E-state index contributed by atoms with van der Waals surface area (Å²) in [4.78, 5) is 25.7. The van der Waals surface area contributed by atoms with Gasteiger partial charge >= 0.3 is 6.03 Å². The van der Waals surface area contributed by atoms with Crippen molar-refractivity contribution in [3.05, 3.63) is 83.9 Å². The largest absolute Gasteiger partial charge is 0.356 e. The third-order valence-electron chi connectivity index (χ3n) is 6.17. The highest BCUT2D eigenvalue weighted by molar-refractivity contribution is 7.89. The Morgan fingerprint density at radius 3 is 2.08 bits per heavy atom. The summed E-state index contributed by atoms with van der Waals surface area (Å²) < 4.78 is 50.5. The van der Waals surface area contributed by atoms with E-state index in [1.165, 1.54) is 48.5 Å². The van der Waals surface area contributed by atoms with Crippen molar-refractivity contribution in [2.24, 2.45) is 5.14 Å². The van der Waals surface area contributed by atoms with Crippen molar-refractivity contribution in [3.8, 4) is 0 Å². The molecular weight excluding hydrogens is 556 g/mol. The van der Waals surface area contributed by atoms with Gasteiger partial charge in [0.2, 0.25) is 20.0 Å². The predicted molar refractivity (Wildman–Crippen MR) is 150 cm³/mol. The molecular formula is C26H28N6O6S2. The van der Waals surface area contributed by atoms with E-state index in [1.54, 1.807) is 24.3 Å². The van der Waals surface area contributed by atoms with Gasteiger partial charge in [-0.3, -0.25) is 10.2 Å². The average molecular weight is 585 g/mol. The number of hydrogen-bond acceptors (Lipinski definition) is 7. The normalized spacial score (nSPS) is 14.0. The number of Topliss-reactive ketones (excluding diaryl/α,β-unsaturated/α-hetero) is 1. The number of carbonyl (C=O) groups is 2.